The highest BCUT2D eigenvalue weighted by molar-refractivity contribution is 7.97. The smallest absolute Gasteiger partial charge is 0.326 e. The third-order valence-electron chi connectivity index (χ3n) is 3.66. The Morgan fingerprint density at radius 3 is 2.78 bits per heavy atom. The Morgan fingerprint density at radius 1 is 1.22 bits per heavy atom. The topological polar surface area (TPSA) is 90.3 Å². The Morgan fingerprint density at radius 2 is 2.04 bits per heavy atom. The highest BCUT2D eigenvalue weighted by Crippen LogP contribution is 2.19. The first kappa shape index (κ1) is 19.1. The molecular weight excluding hydrogens is 386 g/mol. The van der Waals surface area contributed by atoms with E-state index in [2.05, 4.69) is 10.3 Å². The van der Waals surface area contributed by atoms with Gasteiger partial charge in [-0.2, -0.15) is 11.8 Å². The van der Waals surface area contributed by atoms with Gasteiger partial charge in [0.15, 0.2) is 6.61 Å². The van der Waals surface area contributed by atoms with E-state index >= 15 is 0 Å². The number of carbonyl (C=O) groups is 3. The van der Waals surface area contributed by atoms with Crippen LogP contribution in [-0.4, -0.2) is 40.2 Å². The summed E-state index contributed by atoms with van der Waals surface area (Å²) in [5.74, 6) is -0.328. The van der Waals surface area contributed by atoms with Crippen LogP contribution in [0.15, 0.2) is 41.8 Å². The molecular formula is C18H17N3O4S2. The first-order valence-corrected chi connectivity index (χ1v) is 10.3. The van der Waals surface area contributed by atoms with Crippen LogP contribution < -0.4 is 5.32 Å². The number of hydrogen-bond donors (Lipinski definition) is 1. The summed E-state index contributed by atoms with van der Waals surface area (Å²) in [4.78, 5) is 40.8. The summed E-state index contributed by atoms with van der Waals surface area (Å²) in [5.41, 5.74) is 1.63. The number of benzene rings is 1. The molecule has 0 unspecified atom stereocenters. The molecule has 1 aromatic carbocycles. The largest absolute Gasteiger partial charge is 0.454 e. The van der Waals surface area contributed by atoms with Gasteiger partial charge in [-0.25, -0.2) is 4.98 Å². The molecule has 0 aliphatic rings. The van der Waals surface area contributed by atoms with Crippen LogP contribution in [0.5, 0.6) is 0 Å². The van der Waals surface area contributed by atoms with E-state index in [1.807, 2.05) is 30.5 Å². The molecule has 0 atom stereocenters. The Balaban J connectivity index is 1.59. The summed E-state index contributed by atoms with van der Waals surface area (Å²) in [6.45, 7) is -0.566. The average Bonchev–Trinajstić information content (AvgIpc) is 3.30. The highest BCUT2D eigenvalue weighted by atomic mass is 32.2. The van der Waals surface area contributed by atoms with Gasteiger partial charge in [-0.15, -0.1) is 11.3 Å². The summed E-state index contributed by atoms with van der Waals surface area (Å²) < 4.78 is 6.80. The maximum absolute atomic E-state index is 12.2. The van der Waals surface area contributed by atoms with Crippen LogP contribution in [0.4, 0.5) is 0 Å². The monoisotopic (exact) mass is 403 g/mol. The average molecular weight is 403 g/mol. The van der Waals surface area contributed by atoms with Crippen molar-refractivity contribution in [3.63, 3.8) is 0 Å². The van der Waals surface area contributed by atoms with E-state index in [1.54, 1.807) is 33.8 Å². The van der Waals surface area contributed by atoms with Gasteiger partial charge in [-0.05, 0) is 29.8 Å². The van der Waals surface area contributed by atoms with E-state index in [4.69, 9.17) is 4.74 Å². The third kappa shape index (κ3) is 4.75. The maximum atomic E-state index is 12.2. The molecule has 0 aliphatic heterocycles. The molecule has 2 aromatic heterocycles. The molecule has 0 bridgehead atoms. The standard InChI is InChI=1S/C18H17N3O4S2/c1-26-11-15-19-12-5-2-3-6-13(12)21(15)9-17(23)25-10-16(22)20-18(24)14-7-4-8-27-14/h2-8H,9-11H2,1H3,(H,20,22,24). The summed E-state index contributed by atoms with van der Waals surface area (Å²) >= 11 is 2.82. The van der Waals surface area contributed by atoms with Crippen molar-refractivity contribution in [1.29, 1.82) is 0 Å². The number of thioether (sulfide) groups is 1. The molecule has 0 saturated carbocycles. The van der Waals surface area contributed by atoms with E-state index in [0.717, 1.165) is 16.9 Å². The normalized spacial score (nSPS) is 10.7. The molecule has 0 aliphatic carbocycles. The lowest BCUT2D eigenvalue weighted by atomic mass is 10.3. The first-order chi connectivity index (χ1) is 13.1. The van der Waals surface area contributed by atoms with Gasteiger partial charge in [0, 0.05) is 0 Å². The molecule has 0 radical (unpaired) electrons. The van der Waals surface area contributed by atoms with Gasteiger partial charge in [0.25, 0.3) is 11.8 Å². The van der Waals surface area contributed by atoms with Crippen LogP contribution in [0.25, 0.3) is 11.0 Å². The van der Waals surface area contributed by atoms with Crippen LogP contribution in [0.3, 0.4) is 0 Å². The summed E-state index contributed by atoms with van der Waals surface area (Å²) in [6.07, 6.45) is 1.96. The molecule has 2 amide bonds. The lowest BCUT2D eigenvalue weighted by Gasteiger charge is -2.09. The third-order valence-corrected chi connectivity index (χ3v) is 5.07. The number of nitrogens with zero attached hydrogens (tertiary/aromatic N) is 2. The molecule has 2 heterocycles. The molecule has 1 N–H and O–H groups in total. The van der Waals surface area contributed by atoms with Crippen molar-refractivity contribution in [2.24, 2.45) is 0 Å². The number of rotatable bonds is 7. The molecule has 0 fully saturated rings. The number of ether oxygens (including phenoxy) is 1. The molecule has 0 spiro atoms. The second-order valence-corrected chi connectivity index (χ2v) is 7.36. The molecule has 0 saturated heterocycles. The number of hydrogen-bond acceptors (Lipinski definition) is 7. The van der Waals surface area contributed by atoms with Crippen molar-refractivity contribution in [3.05, 3.63) is 52.5 Å². The quantitative estimate of drug-likeness (QED) is 0.610. The van der Waals surface area contributed by atoms with Crippen LogP contribution in [0.1, 0.15) is 15.5 Å². The number of aromatic nitrogens is 2. The van der Waals surface area contributed by atoms with Crippen LogP contribution in [-0.2, 0) is 26.6 Å². The Bertz CT molecular complexity index is 966. The van der Waals surface area contributed by atoms with Gasteiger partial charge < -0.3 is 9.30 Å². The zero-order valence-corrected chi connectivity index (χ0v) is 16.1. The second kappa shape index (κ2) is 8.83. The number of imidazole rings is 1. The first-order valence-electron chi connectivity index (χ1n) is 8.05. The lowest BCUT2D eigenvalue weighted by Crippen LogP contribution is -2.34. The van der Waals surface area contributed by atoms with E-state index in [0.29, 0.717) is 10.6 Å². The minimum absolute atomic E-state index is 0.0530. The summed E-state index contributed by atoms with van der Waals surface area (Å²) in [6, 6.07) is 10.8. The zero-order valence-electron chi connectivity index (χ0n) is 14.5. The molecule has 27 heavy (non-hydrogen) atoms. The van der Waals surface area contributed by atoms with Crippen molar-refractivity contribution in [2.45, 2.75) is 12.3 Å². The number of para-hydroxylation sites is 2. The maximum Gasteiger partial charge on any atom is 0.326 e. The number of imide groups is 1. The highest BCUT2D eigenvalue weighted by Gasteiger charge is 2.16. The van der Waals surface area contributed by atoms with Crippen LogP contribution in [0, 0.1) is 0 Å². The fourth-order valence-electron chi connectivity index (χ4n) is 2.49. The van der Waals surface area contributed by atoms with Crippen LogP contribution in [0.2, 0.25) is 0 Å². The predicted octanol–water partition coefficient (Wildman–Crippen LogP) is 2.46. The Hall–Kier alpha value is -2.65. The molecule has 7 nitrogen and oxygen atoms in total. The van der Waals surface area contributed by atoms with Crippen molar-refractivity contribution in [1.82, 2.24) is 14.9 Å². The number of carbonyl (C=O) groups excluding carboxylic acids is 3. The molecule has 140 valence electrons. The fraction of sp³-hybridized carbons (Fsp3) is 0.222. The van der Waals surface area contributed by atoms with Crippen molar-refractivity contribution < 1.29 is 19.1 Å². The lowest BCUT2D eigenvalue weighted by molar-refractivity contribution is -0.148. The number of nitrogens with one attached hydrogen (secondary N) is 1. The summed E-state index contributed by atoms with van der Waals surface area (Å²) in [5, 5.41) is 3.93. The van der Waals surface area contributed by atoms with Gasteiger partial charge in [-0.1, -0.05) is 18.2 Å². The SMILES string of the molecule is CSCc1nc2ccccc2n1CC(=O)OCC(=O)NC(=O)c1cccs1. The Kier molecular flexibility index (Phi) is 6.25. The number of esters is 1. The molecule has 3 rings (SSSR count). The van der Waals surface area contributed by atoms with Crippen molar-refractivity contribution in [2.75, 3.05) is 12.9 Å². The predicted molar refractivity (Wildman–Crippen MR) is 105 cm³/mol. The van der Waals surface area contributed by atoms with Crippen molar-refractivity contribution >= 4 is 51.9 Å². The van der Waals surface area contributed by atoms with Gasteiger partial charge >= 0.3 is 5.97 Å². The van der Waals surface area contributed by atoms with E-state index in [1.165, 1.54) is 11.3 Å². The molecule has 3 aromatic rings. The minimum Gasteiger partial charge on any atom is -0.454 e. The van der Waals surface area contributed by atoms with Gasteiger partial charge in [0.1, 0.15) is 12.4 Å². The van der Waals surface area contributed by atoms with Crippen molar-refractivity contribution in [3.8, 4) is 0 Å². The van der Waals surface area contributed by atoms with E-state index in [-0.39, 0.29) is 6.54 Å². The van der Waals surface area contributed by atoms with Crippen LogP contribution >= 0.6 is 23.1 Å². The van der Waals surface area contributed by atoms with E-state index < -0.39 is 24.4 Å². The number of thiophene rings is 1. The minimum atomic E-state index is -0.665. The molecule has 9 heteroatoms. The number of fused-ring (bicyclic) bond motifs is 1. The summed E-state index contributed by atoms with van der Waals surface area (Å²) in [7, 11) is 0. The van der Waals surface area contributed by atoms with Gasteiger partial charge in [0.05, 0.1) is 21.7 Å². The Labute approximate surface area is 163 Å². The number of amides is 2. The zero-order chi connectivity index (χ0) is 19.2. The van der Waals surface area contributed by atoms with E-state index in [9.17, 15) is 14.4 Å². The second-order valence-electron chi connectivity index (χ2n) is 5.55. The van der Waals surface area contributed by atoms with Gasteiger partial charge in [0.2, 0.25) is 0 Å². The fourth-order valence-corrected chi connectivity index (χ4v) is 3.59. The van der Waals surface area contributed by atoms with Gasteiger partial charge in [-0.3, -0.25) is 19.7 Å².